The van der Waals surface area contributed by atoms with Crippen LogP contribution in [0.1, 0.15) is 38.9 Å². The van der Waals surface area contributed by atoms with Crippen LogP contribution in [-0.4, -0.2) is 31.6 Å². The molecule has 5 rings (SSSR count). The monoisotopic (exact) mass is 507 g/mol. The highest BCUT2D eigenvalue weighted by Gasteiger charge is 2.42. The Morgan fingerprint density at radius 2 is 1.72 bits per heavy atom. The Hall–Kier alpha value is -3.84. The first-order chi connectivity index (χ1) is 17.3. The summed E-state index contributed by atoms with van der Waals surface area (Å²) in [4.78, 5) is 28.8. The molecule has 4 aromatic rings. The molecule has 2 heterocycles. The molecule has 1 atom stereocenters. The minimum atomic E-state index is -0.728. The lowest BCUT2D eigenvalue weighted by Gasteiger charge is -2.25. The van der Waals surface area contributed by atoms with Gasteiger partial charge in [0.1, 0.15) is 11.4 Å². The lowest BCUT2D eigenvalue weighted by Crippen LogP contribution is -2.31. The van der Waals surface area contributed by atoms with E-state index in [1.165, 1.54) is 12.1 Å². The van der Waals surface area contributed by atoms with Crippen LogP contribution in [0.2, 0.25) is 5.02 Å². The predicted molar refractivity (Wildman–Crippen MR) is 135 cm³/mol. The van der Waals surface area contributed by atoms with Crippen molar-refractivity contribution in [3.05, 3.63) is 104 Å². The van der Waals surface area contributed by atoms with E-state index in [-0.39, 0.29) is 23.3 Å². The van der Waals surface area contributed by atoms with Crippen molar-refractivity contribution in [3.63, 3.8) is 0 Å². The van der Waals surface area contributed by atoms with E-state index < -0.39 is 17.8 Å². The van der Waals surface area contributed by atoms with Gasteiger partial charge in [0.05, 0.1) is 31.2 Å². The molecule has 0 saturated carbocycles. The molecule has 0 bridgehead atoms. The summed E-state index contributed by atoms with van der Waals surface area (Å²) in [6.07, 6.45) is 0.483. The van der Waals surface area contributed by atoms with E-state index in [2.05, 4.69) is 0 Å². The average molecular weight is 508 g/mol. The maximum Gasteiger partial charge on any atom is 0.290 e. The van der Waals surface area contributed by atoms with Crippen LogP contribution in [0.15, 0.2) is 63.8 Å². The number of methoxy groups -OCH3 is 2. The average Bonchev–Trinajstić information content (AvgIpc) is 3.16. The molecule has 0 radical (unpaired) electrons. The molecule has 0 spiro atoms. The molecule has 1 unspecified atom stereocenters. The van der Waals surface area contributed by atoms with Gasteiger partial charge < -0.3 is 18.8 Å². The van der Waals surface area contributed by atoms with Gasteiger partial charge in [0.25, 0.3) is 5.91 Å². The van der Waals surface area contributed by atoms with Gasteiger partial charge in [0, 0.05) is 11.6 Å². The van der Waals surface area contributed by atoms with Crippen molar-refractivity contribution >= 4 is 28.5 Å². The highest BCUT2D eigenvalue weighted by atomic mass is 35.5. The summed E-state index contributed by atoms with van der Waals surface area (Å²) in [5.74, 6) is 0.372. The van der Waals surface area contributed by atoms with Crippen molar-refractivity contribution in [3.8, 4) is 11.5 Å². The van der Waals surface area contributed by atoms with E-state index >= 15 is 0 Å². The molecule has 1 aromatic heterocycles. The molecule has 0 saturated heterocycles. The molecule has 8 heteroatoms. The van der Waals surface area contributed by atoms with Gasteiger partial charge in [-0.3, -0.25) is 9.59 Å². The van der Waals surface area contributed by atoms with Crippen LogP contribution in [0.3, 0.4) is 0 Å². The first-order valence-corrected chi connectivity index (χ1v) is 11.7. The zero-order valence-electron chi connectivity index (χ0n) is 19.9. The fourth-order valence-corrected chi connectivity index (χ4v) is 4.81. The molecule has 0 aliphatic carbocycles. The smallest absolute Gasteiger partial charge is 0.290 e. The summed E-state index contributed by atoms with van der Waals surface area (Å²) in [6.45, 7) is 2.09. The Kier molecular flexibility index (Phi) is 6.18. The van der Waals surface area contributed by atoms with Gasteiger partial charge in [0.2, 0.25) is 5.76 Å². The van der Waals surface area contributed by atoms with Gasteiger partial charge >= 0.3 is 0 Å². The van der Waals surface area contributed by atoms with Crippen molar-refractivity contribution < 1.29 is 23.1 Å². The number of nitrogens with zero attached hydrogens (tertiary/aromatic N) is 1. The summed E-state index contributed by atoms with van der Waals surface area (Å²) >= 11 is 6.28. The molecule has 1 aliphatic heterocycles. The number of hydrogen-bond acceptors (Lipinski definition) is 5. The summed E-state index contributed by atoms with van der Waals surface area (Å²) < 4.78 is 30.4. The van der Waals surface area contributed by atoms with E-state index in [1.54, 1.807) is 56.4 Å². The van der Waals surface area contributed by atoms with Crippen molar-refractivity contribution in [1.29, 1.82) is 0 Å². The summed E-state index contributed by atoms with van der Waals surface area (Å²) in [6, 6.07) is 13.8. The largest absolute Gasteiger partial charge is 0.493 e. The molecule has 6 nitrogen and oxygen atoms in total. The normalized spacial score (nSPS) is 14.9. The second kappa shape index (κ2) is 9.32. The first-order valence-electron chi connectivity index (χ1n) is 11.4. The van der Waals surface area contributed by atoms with E-state index in [0.29, 0.717) is 39.5 Å². The van der Waals surface area contributed by atoms with Gasteiger partial charge in [-0.2, -0.15) is 0 Å². The zero-order valence-corrected chi connectivity index (χ0v) is 20.7. The standard InChI is InChI=1S/C28H23ClFNO5/c1-15-12-22-19(14-20(15)29)26(32)24-25(17-5-7-18(30)8-6-17)31(28(33)27(24)36-22)11-10-16-4-9-21(34-2)23(13-16)35-3/h4-9,12-14,25H,10-11H2,1-3H3. The highest BCUT2D eigenvalue weighted by Crippen LogP contribution is 2.39. The van der Waals surface area contributed by atoms with Crippen molar-refractivity contribution in [1.82, 2.24) is 4.90 Å². The predicted octanol–water partition coefficient (Wildman–Crippen LogP) is 5.70. The summed E-state index contributed by atoms with van der Waals surface area (Å²) in [5.41, 5.74) is 2.46. The van der Waals surface area contributed by atoms with Crippen molar-refractivity contribution in [2.45, 2.75) is 19.4 Å². The van der Waals surface area contributed by atoms with E-state index in [9.17, 15) is 14.0 Å². The number of aryl methyl sites for hydroxylation is 1. The number of amides is 1. The van der Waals surface area contributed by atoms with Gasteiger partial charge in [-0.05, 0) is 66.4 Å². The topological polar surface area (TPSA) is 69.0 Å². The van der Waals surface area contributed by atoms with Crippen LogP contribution in [0.4, 0.5) is 4.39 Å². The Bertz CT molecular complexity index is 1550. The maximum atomic E-state index is 13.7. The number of halogens is 2. The van der Waals surface area contributed by atoms with Crippen LogP contribution in [0.25, 0.3) is 11.0 Å². The first kappa shape index (κ1) is 23.9. The summed E-state index contributed by atoms with van der Waals surface area (Å²) in [7, 11) is 3.12. The van der Waals surface area contributed by atoms with E-state index in [4.69, 9.17) is 25.5 Å². The highest BCUT2D eigenvalue weighted by molar-refractivity contribution is 6.32. The lowest BCUT2D eigenvalue weighted by molar-refractivity contribution is 0.0730. The molecule has 3 aromatic carbocycles. The lowest BCUT2D eigenvalue weighted by atomic mass is 9.98. The molecule has 0 N–H and O–H groups in total. The second-order valence-electron chi connectivity index (χ2n) is 8.66. The van der Waals surface area contributed by atoms with Crippen molar-refractivity contribution in [2.75, 3.05) is 20.8 Å². The molecule has 1 amide bonds. The number of hydrogen-bond donors (Lipinski definition) is 0. The second-order valence-corrected chi connectivity index (χ2v) is 9.07. The Morgan fingerprint density at radius 3 is 2.42 bits per heavy atom. The van der Waals surface area contributed by atoms with Gasteiger partial charge in [-0.25, -0.2) is 4.39 Å². The molecule has 0 fully saturated rings. The van der Waals surface area contributed by atoms with Crippen LogP contribution in [-0.2, 0) is 6.42 Å². The number of ether oxygens (including phenoxy) is 2. The van der Waals surface area contributed by atoms with Crippen molar-refractivity contribution in [2.24, 2.45) is 0 Å². The Labute approximate surface area is 211 Å². The Morgan fingerprint density at radius 1 is 1.00 bits per heavy atom. The fourth-order valence-electron chi connectivity index (χ4n) is 4.65. The fraction of sp³-hybridized carbons (Fsp3) is 0.214. The third kappa shape index (κ3) is 3.99. The number of rotatable bonds is 6. The van der Waals surface area contributed by atoms with Crippen LogP contribution in [0, 0.1) is 12.7 Å². The quantitative estimate of drug-likeness (QED) is 0.335. The van der Waals surface area contributed by atoms with Gasteiger partial charge in [-0.1, -0.05) is 29.8 Å². The van der Waals surface area contributed by atoms with Gasteiger partial charge in [0.15, 0.2) is 16.9 Å². The zero-order chi connectivity index (χ0) is 25.6. The minimum Gasteiger partial charge on any atom is -0.493 e. The molecule has 184 valence electrons. The number of carbonyl (C=O) groups excluding carboxylic acids is 1. The number of carbonyl (C=O) groups is 1. The van der Waals surface area contributed by atoms with E-state index in [0.717, 1.165) is 11.1 Å². The molecular formula is C28H23ClFNO5. The molecular weight excluding hydrogens is 485 g/mol. The Balaban J connectivity index is 1.60. The van der Waals surface area contributed by atoms with Crippen LogP contribution in [0.5, 0.6) is 11.5 Å². The summed E-state index contributed by atoms with van der Waals surface area (Å²) in [5, 5.41) is 0.730. The molecule has 36 heavy (non-hydrogen) atoms. The molecule has 1 aliphatic rings. The maximum absolute atomic E-state index is 13.7. The van der Waals surface area contributed by atoms with Crippen LogP contribution < -0.4 is 14.9 Å². The minimum absolute atomic E-state index is 0.00383. The van der Waals surface area contributed by atoms with Crippen LogP contribution >= 0.6 is 11.6 Å². The SMILES string of the molecule is COc1ccc(CCN2C(=O)c3oc4cc(C)c(Cl)cc4c(=O)c3C2c2ccc(F)cc2)cc1OC. The third-order valence-corrected chi connectivity index (χ3v) is 6.93. The van der Waals surface area contributed by atoms with E-state index in [1.807, 2.05) is 12.1 Å². The van der Waals surface area contributed by atoms with Gasteiger partial charge in [-0.15, -0.1) is 0 Å². The number of fused-ring (bicyclic) bond motifs is 2. The third-order valence-electron chi connectivity index (χ3n) is 6.52. The number of benzene rings is 3.